The van der Waals surface area contributed by atoms with Crippen LogP contribution in [0.1, 0.15) is 64.2 Å². The Morgan fingerprint density at radius 2 is 1.21 bits per heavy atom. The van der Waals surface area contributed by atoms with Crippen LogP contribution in [0.3, 0.4) is 0 Å². The van der Waals surface area contributed by atoms with E-state index in [-0.39, 0.29) is 0 Å². The van der Waals surface area contributed by atoms with Gasteiger partial charge in [-0.15, -0.1) is 0 Å². The Labute approximate surface area is 181 Å². The molecule has 154 valence electrons. The summed E-state index contributed by atoms with van der Waals surface area (Å²) in [6.07, 6.45) is 12.8. The van der Waals surface area contributed by atoms with E-state index in [0.29, 0.717) is 12.1 Å². The molecule has 2 nitrogen and oxygen atoms in total. The van der Waals surface area contributed by atoms with Crippen molar-refractivity contribution in [3.8, 4) is 0 Å². The summed E-state index contributed by atoms with van der Waals surface area (Å²) in [4.78, 5) is 5.41. The lowest BCUT2D eigenvalue weighted by Crippen LogP contribution is -2.40. The summed E-state index contributed by atoms with van der Waals surface area (Å²) in [7, 11) is 0. The van der Waals surface area contributed by atoms with Crippen LogP contribution >= 0.6 is 6.04 Å². The summed E-state index contributed by atoms with van der Waals surface area (Å²) in [5, 5.41) is 6.43. The lowest BCUT2D eigenvalue weighted by molar-refractivity contribution is 0.410. The molecule has 1 N–H and O–H groups in total. The molecule has 2 aromatic carbocycles. The minimum atomic E-state index is -2.20. The molecule has 2 saturated carbocycles. The Kier molecular flexibility index (Phi) is 7.21. The Bertz CT molecular complexity index is 794. The van der Waals surface area contributed by atoms with Gasteiger partial charge in [0.1, 0.15) is 5.58 Å². The molecular weight excluding hydrogens is 391 g/mol. The first kappa shape index (κ1) is 20.8. The highest BCUT2D eigenvalue weighted by molar-refractivity contribution is 8.29. The zero-order valence-electron chi connectivity index (χ0n) is 17.3. The van der Waals surface area contributed by atoms with Crippen LogP contribution in [-0.2, 0) is 11.8 Å². The average molecular weight is 425 g/mol. The molecule has 4 rings (SSSR count). The highest BCUT2D eigenvalue weighted by Crippen LogP contribution is 2.46. The first-order chi connectivity index (χ1) is 14.3. The molecule has 0 unspecified atom stereocenters. The van der Waals surface area contributed by atoms with Gasteiger partial charge in [-0.3, -0.25) is 4.99 Å². The first-order valence-corrected chi connectivity index (χ1v) is 14.1. The van der Waals surface area contributed by atoms with E-state index in [1.807, 2.05) is 0 Å². The predicted octanol–water partition coefficient (Wildman–Crippen LogP) is 5.73. The van der Waals surface area contributed by atoms with Crippen molar-refractivity contribution in [1.29, 1.82) is 0 Å². The van der Waals surface area contributed by atoms with Crippen molar-refractivity contribution in [3.05, 3.63) is 60.7 Å². The van der Waals surface area contributed by atoms with Crippen LogP contribution in [0, 0.1) is 0 Å². The zero-order valence-corrected chi connectivity index (χ0v) is 19.0. The van der Waals surface area contributed by atoms with Crippen molar-refractivity contribution >= 4 is 34.0 Å². The van der Waals surface area contributed by atoms with Crippen molar-refractivity contribution in [3.63, 3.8) is 0 Å². The van der Waals surface area contributed by atoms with Crippen molar-refractivity contribution in [2.24, 2.45) is 4.99 Å². The number of nitrogens with zero attached hydrogens (tertiary/aromatic N) is 1. The zero-order chi connectivity index (χ0) is 19.9. The van der Waals surface area contributed by atoms with E-state index in [1.165, 1.54) is 74.8 Å². The van der Waals surface area contributed by atoms with Gasteiger partial charge in [-0.2, -0.15) is 0 Å². The third-order valence-electron chi connectivity index (χ3n) is 6.36. The fourth-order valence-electron chi connectivity index (χ4n) is 4.69. The van der Waals surface area contributed by atoms with Crippen LogP contribution in [-0.4, -0.2) is 17.7 Å². The van der Waals surface area contributed by atoms with E-state index in [0.717, 1.165) is 5.58 Å². The fourth-order valence-corrected chi connectivity index (χ4v) is 8.38. The monoisotopic (exact) mass is 424 g/mol. The third kappa shape index (κ3) is 5.01. The van der Waals surface area contributed by atoms with Crippen LogP contribution in [0.5, 0.6) is 0 Å². The Morgan fingerprint density at radius 3 is 1.72 bits per heavy atom. The van der Waals surface area contributed by atoms with Gasteiger partial charge in [-0.25, -0.2) is 0 Å². The highest BCUT2D eigenvalue weighted by atomic mass is 32.4. The van der Waals surface area contributed by atoms with Crippen molar-refractivity contribution < 1.29 is 0 Å². The maximum atomic E-state index is 6.61. The van der Waals surface area contributed by atoms with Gasteiger partial charge in [-0.05, 0) is 36.3 Å². The molecule has 0 amide bonds. The Hall–Kier alpha value is -1.44. The summed E-state index contributed by atoms with van der Waals surface area (Å²) in [5.41, 5.74) is 1.11. The minimum absolute atomic E-state index is 0.421. The molecule has 0 spiro atoms. The second-order valence-electron chi connectivity index (χ2n) is 8.50. The number of hydrogen-bond donors (Lipinski definition) is 1. The van der Waals surface area contributed by atoms with Gasteiger partial charge in [-0.1, -0.05) is 111 Å². The molecule has 0 saturated heterocycles. The molecule has 0 atom stereocenters. The molecule has 0 heterocycles. The van der Waals surface area contributed by atoms with Crippen molar-refractivity contribution in [2.45, 2.75) is 76.3 Å². The molecule has 4 heteroatoms. The molecule has 0 aliphatic heterocycles. The quantitative estimate of drug-likeness (QED) is 0.377. The average Bonchev–Trinajstić information content (AvgIpc) is 2.81. The van der Waals surface area contributed by atoms with Gasteiger partial charge in [0, 0.05) is 6.04 Å². The van der Waals surface area contributed by atoms with Crippen LogP contribution < -0.4 is 15.9 Å². The van der Waals surface area contributed by atoms with Crippen LogP contribution in [0.25, 0.3) is 0 Å². The van der Waals surface area contributed by atoms with Crippen LogP contribution in [0.4, 0.5) is 0 Å². The Morgan fingerprint density at radius 1 is 0.724 bits per heavy atom. The molecule has 2 aliphatic carbocycles. The highest BCUT2D eigenvalue weighted by Gasteiger charge is 2.31. The van der Waals surface area contributed by atoms with E-state index >= 15 is 0 Å². The summed E-state index contributed by atoms with van der Waals surface area (Å²) in [5.74, 6) is 0. The number of hydrogen-bond acceptors (Lipinski definition) is 2. The standard InChI is InChI=1S/C25H33N2PS/c29-28(23-17-9-3-10-18-23,24-19-11-4-12-20-24)25(26-21-13-5-1-6-14-21)27-22-15-7-2-8-16-22/h3-4,9-12,17-22H,1-2,5-8,13-16H2,(H,26,27). The molecular formula is C25H33N2PS. The second kappa shape index (κ2) is 10.0. The maximum Gasteiger partial charge on any atom is 0.139 e. The SMILES string of the molecule is S=P(C(=NC1CCCCC1)NC1CCCCC1)(c1ccccc1)c1ccccc1. The molecule has 0 aromatic heterocycles. The summed E-state index contributed by atoms with van der Waals surface area (Å²) < 4.78 is 0. The molecule has 0 radical (unpaired) electrons. The van der Waals surface area contributed by atoms with Crippen molar-refractivity contribution in [2.75, 3.05) is 0 Å². The van der Waals surface area contributed by atoms with Crippen LogP contribution in [0.2, 0.25) is 0 Å². The smallest absolute Gasteiger partial charge is 0.139 e. The van der Waals surface area contributed by atoms with Gasteiger partial charge < -0.3 is 5.32 Å². The van der Waals surface area contributed by atoms with Gasteiger partial charge in [0.05, 0.1) is 12.1 Å². The number of aliphatic imine (C=N–C) groups is 1. The number of rotatable bonds is 5. The normalized spacial score (nSPS) is 19.8. The van der Waals surface area contributed by atoms with E-state index in [2.05, 4.69) is 66.0 Å². The fraction of sp³-hybridized carbons (Fsp3) is 0.480. The lowest BCUT2D eigenvalue weighted by atomic mass is 9.95. The number of amidine groups is 1. The second-order valence-corrected chi connectivity index (χ2v) is 12.8. The first-order valence-electron chi connectivity index (χ1n) is 11.3. The lowest BCUT2D eigenvalue weighted by Gasteiger charge is -2.32. The van der Waals surface area contributed by atoms with Crippen LogP contribution in [0.15, 0.2) is 65.7 Å². The maximum absolute atomic E-state index is 6.61. The number of benzene rings is 2. The predicted molar refractivity (Wildman–Crippen MR) is 131 cm³/mol. The number of nitrogens with one attached hydrogen (secondary N) is 1. The van der Waals surface area contributed by atoms with E-state index in [9.17, 15) is 0 Å². The van der Waals surface area contributed by atoms with E-state index in [4.69, 9.17) is 16.8 Å². The van der Waals surface area contributed by atoms with E-state index < -0.39 is 6.04 Å². The molecule has 29 heavy (non-hydrogen) atoms. The summed E-state index contributed by atoms with van der Waals surface area (Å²) in [6.45, 7) is 0. The summed E-state index contributed by atoms with van der Waals surface area (Å²) in [6, 6.07) is 20.3. The van der Waals surface area contributed by atoms with Gasteiger partial charge in [0.25, 0.3) is 0 Å². The summed E-state index contributed by atoms with van der Waals surface area (Å²) >= 11 is 6.61. The molecule has 2 aromatic rings. The van der Waals surface area contributed by atoms with Crippen molar-refractivity contribution in [1.82, 2.24) is 5.32 Å². The molecule has 0 bridgehead atoms. The van der Waals surface area contributed by atoms with Gasteiger partial charge >= 0.3 is 0 Å². The van der Waals surface area contributed by atoms with Gasteiger partial charge in [0.15, 0.2) is 0 Å². The Balaban J connectivity index is 1.78. The largest absolute Gasteiger partial charge is 0.366 e. The van der Waals surface area contributed by atoms with E-state index in [1.54, 1.807) is 0 Å². The third-order valence-corrected chi connectivity index (χ3v) is 11.0. The topological polar surface area (TPSA) is 24.4 Å². The molecule has 2 aliphatic rings. The van der Waals surface area contributed by atoms with Gasteiger partial charge in [0.2, 0.25) is 0 Å². The molecule has 2 fully saturated rings. The minimum Gasteiger partial charge on any atom is -0.366 e.